The molecule has 198 valence electrons. The molecule has 0 fully saturated rings. The number of carbonyl (C=O) groups is 2. The molecule has 0 aromatic heterocycles. The van der Waals surface area contributed by atoms with E-state index in [0.29, 0.717) is 50.3 Å². The van der Waals surface area contributed by atoms with Gasteiger partial charge in [-0.3, -0.25) is 4.79 Å². The lowest BCUT2D eigenvalue weighted by Gasteiger charge is -2.25. The number of amides is 1. The maximum absolute atomic E-state index is 12.2. The van der Waals surface area contributed by atoms with Crippen molar-refractivity contribution in [1.82, 2.24) is 5.32 Å². The van der Waals surface area contributed by atoms with Crippen LogP contribution in [0.25, 0.3) is 0 Å². The number of benzene rings is 1. The second-order valence-corrected chi connectivity index (χ2v) is 8.53. The van der Waals surface area contributed by atoms with Crippen molar-refractivity contribution in [2.75, 3.05) is 38.2 Å². The van der Waals surface area contributed by atoms with E-state index in [9.17, 15) is 14.7 Å². The third-order valence-electron chi connectivity index (χ3n) is 4.56. The van der Waals surface area contributed by atoms with Gasteiger partial charge < -0.3 is 25.2 Å². The number of carboxylic acids is 1. The number of hydrogen-bond acceptors (Lipinski definition) is 5. The molecule has 7 heteroatoms. The molecule has 0 spiro atoms. The van der Waals surface area contributed by atoms with E-state index in [0.717, 1.165) is 19.3 Å². The summed E-state index contributed by atoms with van der Waals surface area (Å²) in [5.74, 6) is 0.0501. The summed E-state index contributed by atoms with van der Waals surface area (Å²) in [5, 5.41) is 15.4. The average molecular weight is 483 g/mol. The van der Waals surface area contributed by atoms with Gasteiger partial charge in [-0.2, -0.15) is 0 Å². The van der Waals surface area contributed by atoms with Crippen LogP contribution in [0.5, 0.6) is 5.75 Å². The zero-order valence-corrected chi connectivity index (χ0v) is 23.0. The Bertz CT molecular complexity index is 675. The van der Waals surface area contributed by atoms with E-state index >= 15 is 0 Å². The molecular weight excluding hydrogens is 432 g/mol. The summed E-state index contributed by atoms with van der Waals surface area (Å²) in [7, 11) is 0. The second kappa shape index (κ2) is 20.1. The first-order chi connectivity index (χ1) is 16.2. The largest absolute Gasteiger partial charge is 0.493 e. The van der Waals surface area contributed by atoms with E-state index in [1.54, 1.807) is 12.1 Å². The van der Waals surface area contributed by atoms with Gasteiger partial charge in [0, 0.05) is 30.3 Å². The van der Waals surface area contributed by atoms with E-state index < -0.39 is 5.97 Å². The van der Waals surface area contributed by atoms with Gasteiger partial charge in [0.05, 0.1) is 25.4 Å². The molecule has 0 aliphatic carbocycles. The van der Waals surface area contributed by atoms with Crippen molar-refractivity contribution in [2.24, 2.45) is 11.3 Å². The number of hydrogen-bond donors (Lipinski definition) is 3. The van der Waals surface area contributed by atoms with Crippen LogP contribution in [0.15, 0.2) is 18.2 Å². The zero-order valence-electron chi connectivity index (χ0n) is 23.0. The fourth-order valence-electron chi connectivity index (χ4n) is 3.20. The Kier molecular flexibility index (Phi) is 20.1. The number of nitrogens with one attached hydrogen (secondary N) is 2. The SMILES string of the molecule is CC.CC.CCCCOc1cc(NCCOCCNC(=O)C(C)(C)CC(C)C)cc(C(=O)O)c1. The van der Waals surface area contributed by atoms with Crippen LogP contribution in [0.3, 0.4) is 0 Å². The van der Waals surface area contributed by atoms with Crippen molar-refractivity contribution in [3.8, 4) is 5.75 Å². The summed E-state index contributed by atoms with van der Waals surface area (Å²) >= 11 is 0. The number of anilines is 1. The van der Waals surface area contributed by atoms with E-state index in [1.165, 1.54) is 6.07 Å². The van der Waals surface area contributed by atoms with Crippen molar-refractivity contribution in [3.63, 3.8) is 0 Å². The highest BCUT2D eigenvalue weighted by Crippen LogP contribution is 2.25. The molecule has 3 N–H and O–H groups in total. The van der Waals surface area contributed by atoms with Crippen molar-refractivity contribution < 1.29 is 24.2 Å². The summed E-state index contributed by atoms with van der Waals surface area (Å²) < 4.78 is 11.2. The first kappa shape index (κ1) is 33.9. The molecule has 0 aliphatic heterocycles. The van der Waals surface area contributed by atoms with Gasteiger partial charge in [-0.05, 0) is 30.9 Å². The summed E-state index contributed by atoms with van der Waals surface area (Å²) in [6.45, 7) is 20.6. The summed E-state index contributed by atoms with van der Waals surface area (Å²) in [6.07, 6.45) is 2.76. The minimum Gasteiger partial charge on any atom is -0.493 e. The molecule has 34 heavy (non-hydrogen) atoms. The van der Waals surface area contributed by atoms with Crippen molar-refractivity contribution in [1.29, 1.82) is 0 Å². The summed E-state index contributed by atoms with van der Waals surface area (Å²) in [6, 6.07) is 4.90. The van der Waals surface area contributed by atoms with E-state index in [-0.39, 0.29) is 16.9 Å². The number of aromatic carboxylic acids is 1. The lowest BCUT2D eigenvalue weighted by molar-refractivity contribution is -0.130. The van der Waals surface area contributed by atoms with Crippen LogP contribution < -0.4 is 15.4 Å². The molecule has 0 aliphatic rings. The minimum absolute atomic E-state index is 0.0408. The van der Waals surface area contributed by atoms with E-state index in [1.807, 2.05) is 41.5 Å². The number of carbonyl (C=O) groups excluding carboxylic acids is 1. The van der Waals surface area contributed by atoms with Crippen LogP contribution in [0.2, 0.25) is 0 Å². The molecule has 0 saturated heterocycles. The van der Waals surface area contributed by atoms with Crippen molar-refractivity contribution in [3.05, 3.63) is 23.8 Å². The lowest BCUT2D eigenvalue weighted by atomic mass is 9.83. The average Bonchev–Trinajstić information content (AvgIpc) is 2.80. The number of unbranched alkanes of at least 4 members (excludes halogenated alkanes) is 1. The molecule has 1 amide bonds. The predicted molar refractivity (Wildman–Crippen MR) is 142 cm³/mol. The van der Waals surface area contributed by atoms with Crippen LogP contribution in [0, 0.1) is 11.3 Å². The molecule has 0 heterocycles. The highest BCUT2D eigenvalue weighted by atomic mass is 16.5. The molecule has 1 aromatic carbocycles. The van der Waals surface area contributed by atoms with Gasteiger partial charge in [-0.15, -0.1) is 0 Å². The maximum Gasteiger partial charge on any atom is 0.335 e. The Hall–Kier alpha value is -2.28. The molecule has 1 aromatic rings. The molecule has 0 radical (unpaired) electrons. The third kappa shape index (κ3) is 15.5. The Morgan fingerprint density at radius 3 is 2.18 bits per heavy atom. The Morgan fingerprint density at radius 2 is 1.62 bits per heavy atom. The number of ether oxygens (including phenoxy) is 2. The Balaban J connectivity index is 0. The lowest BCUT2D eigenvalue weighted by Crippen LogP contribution is -2.39. The molecule has 1 rings (SSSR count). The molecular formula is C27H50N2O5. The first-order valence-corrected chi connectivity index (χ1v) is 12.8. The monoisotopic (exact) mass is 482 g/mol. The van der Waals surface area contributed by atoms with Gasteiger partial charge in [0.2, 0.25) is 5.91 Å². The maximum atomic E-state index is 12.2. The highest BCUT2D eigenvalue weighted by molar-refractivity contribution is 5.89. The van der Waals surface area contributed by atoms with E-state index in [2.05, 4.69) is 31.4 Å². The predicted octanol–water partition coefficient (Wildman–Crippen LogP) is 6.23. The van der Waals surface area contributed by atoms with Crippen molar-refractivity contribution in [2.45, 2.75) is 81.6 Å². The molecule has 7 nitrogen and oxygen atoms in total. The topological polar surface area (TPSA) is 96.9 Å². The number of rotatable bonds is 15. The zero-order chi connectivity index (χ0) is 26.6. The van der Waals surface area contributed by atoms with Gasteiger partial charge >= 0.3 is 5.97 Å². The standard InChI is InChI=1S/C23H38N2O5.2C2H6/c1-6-7-10-30-20-14-18(21(26)27)13-19(15-20)24-8-11-29-12-9-25-22(28)23(4,5)16-17(2)3;2*1-2/h13-15,17,24H,6-12,16H2,1-5H3,(H,25,28)(H,26,27);2*1-2H3. The third-order valence-corrected chi connectivity index (χ3v) is 4.56. The van der Waals surface area contributed by atoms with Crippen LogP contribution >= 0.6 is 0 Å². The van der Waals surface area contributed by atoms with Crippen LogP contribution in [-0.2, 0) is 9.53 Å². The second-order valence-electron chi connectivity index (χ2n) is 8.53. The molecule has 0 saturated carbocycles. The Labute approximate surface area is 208 Å². The van der Waals surface area contributed by atoms with E-state index in [4.69, 9.17) is 9.47 Å². The molecule has 0 atom stereocenters. The summed E-state index contributed by atoms with van der Waals surface area (Å²) in [4.78, 5) is 23.6. The smallest absolute Gasteiger partial charge is 0.335 e. The highest BCUT2D eigenvalue weighted by Gasteiger charge is 2.27. The van der Waals surface area contributed by atoms with Crippen LogP contribution in [0.4, 0.5) is 5.69 Å². The molecule has 0 unspecified atom stereocenters. The first-order valence-electron chi connectivity index (χ1n) is 12.8. The fourth-order valence-corrected chi connectivity index (χ4v) is 3.20. The Morgan fingerprint density at radius 1 is 1.00 bits per heavy atom. The van der Waals surface area contributed by atoms with Crippen LogP contribution in [0.1, 0.15) is 91.9 Å². The quantitative estimate of drug-likeness (QED) is 0.256. The fraction of sp³-hybridized carbons (Fsp3) is 0.704. The number of carboxylic acid groups (broad SMARTS) is 1. The van der Waals surface area contributed by atoms with Gasteiger partial charge in [0.1, 0.15) is 5.75 Å². The summed E-state index contributed by atoms with van der Waals surface area (Å²) in [5.41, 5.74) is 0.467. The van der Waals surface area contributed by atoms with Gasteiger partial charge in [-0.25, -0.2) is 4.79 Å². The van der Waals surface area contributed by atoms with Crippen LogP contribution in [-0.4, -0.2) is 49.9 Å². The van der Waals surface area contributed by atoms with Gasteiger partial charge in [0.15, 0.2) is 0 Å². The van der Waals surface area contributed by atoms with Crippen molar-refractivity contribution >= 4 is 17.6 Å². The normalized spacial score (nSPS) is 10.4. The molecule has 0 bridgehead atoms. The van der Waals surface area contributed by atoms with Gasteiger partial charge in [-0.1, -0.05) is 68.7 Å². The minimum atomic E-state index is -0.994. The van der Waals surface area contributed by atoms with Gasteiger partial charge in [0.25, 0.3) is 0 Å².